The number of rotatable bonds is 6. The number of hydrogen-bond donors (Lipinski definition) is 0. The van der Waals surface area contributed by atoms with Crippen molar-refractivity contribution in [2.45, 2.75) is 0 Å². The minimum Gasteiger partial charge on any atom is -0.309 e. The van der Waals surface area contributed by atoms with E-state index in [2.05, 4.69) is 228 Å². The molecule has 2 heteroatoms. The lowest BCUT2D eigenvalue weighted by molar-refractivity contribution is 1.17. The van der Waals surface area contributed by atoms with Crippen LogP contribution < -0.4 is 0 Å². The third-order valence-electron chi connectivity index (χ3n) is 11.4. The average Bonchev–Trinajstić information content (AvgIpc) is 3.80. The van der Waals surface area contributed by atoms with Crippen molar-refractivity contribution >= 4 is 43.6 Å². The smallest absolute Gasteiger partial charge is 0.0641 e. The van der Waals surface area contributed by atoms with Crippen LogP contribution in [0.5, 0.6) is 0 Å². The maximum Gasteiger partial charge on any atom is 0.0641 e. The third-order valence-corrected chi connectivity index (χ3v) is 11.4. The molecule has 0 spiro atoms. The Morgan fingerprint density at radius 3 is 1.27 bits per heavy atom. The van der Waals surface area contributed by atoms with Crippen LogP contribution in [-0.4, -0.2) is 9.13 Å². The second-order valence-corrected chi connectivity index (χ2v) is 14.5. The number of para-hydroxylation sites is 2. The van der Waals surface area contributed by atoms with E-state index < -0.39 is 0 Å². The molecule has 0 saturated carbocycles. The van der Waals surface area contributed by atoms with E-state index >= 15 is 0 Å². The fourth-order valence-corrected chi connectivity index (χ4v) is 8.65. The zero-order chi connectivity index (χ0) is 37.0. The molecule has 2 aromatic heterocycles. The van der Waals surface area contributed by atoms with Gasteiger partial charge in [-0.25, -0.2) is 0 Å². The molecule has 11 aromatic rings. The summed E-state index contributed by atoms with van der Waals surface area (Å²) in [5.41, 5.74) is 16.8. The van der Waals surface area contributed by atoms with Crippen molar-refractivity contribution in [2.24, 2.45) is 0 Å². The minimum absolute atomic E-state index is 1.14. The summed E-state index contributed by atoms with van der Waals surface area (Å²) in [4.78, 5) is 0. The maximum absolute atomic E-state index is 2.47. The first-order chi connectivity index (χ1) is 27.8. The summed E-state index contributed by atoms with van der Waals surface area (Å²) in [6.45, 7) is 0. The largest absolute Gasteiger partial charge is 0.309 e. The van der Waals surface area contributed by atoms with Gasteiger partial charge >= 0.3 is 0 Å². The zero-order valence-corrected chi connectivity index (χ0v) is 30.7. The molecule has 0 unspecified atom stereocenters. The van der Waals surface area contributed by atoms with Gasteiger partial charge in [0.1, 0.15) is 0 Å². The van der Waals surface area contributed by atoms with Crippen molar-refractivity contribution in [2.75, 3.05) is 0 Å². The molecule has 0 atom stereocenters. The Morgan fingerprint density at radius 1 is 0.232 bits per heavy atom. The summed E-state index contributed by atoms with van der Waals surface area (Å²) >= 11 is 0. The first kappa shape index (κ1) is 32.0. The second kappa shape index (κ2) is 13.2. The Kier molecular flexibility index (Phi) is 7.53. The van der Waals surface area contributed by atoms with Crippen LogP contribution in [0.15, 0.2) is 218 Å². The van der Waals surface area contributed by atoms with E-state index in [0.29, 0.717) is 0 Å². The van der Waals surface area contributed by atoms with Crippen molar-refractivity contribution in [3.63, 3.8) is 0 Å². The zero-order valence-electron chi connectivity index (χ0n) is 30.7. The number of benzene rings is 9. The predicted octanol–water partition coefficient (Wildman–Crippen LogP) is 14.5. The van der Waals surface area contributed by atoms with Gasteiger partial charge in [-0.3, -0.25) is 0 Å². The van der Waals surface area contributed by atoms with E-state index in [1.807, 2.05) is 0 Å². The summed E-state index contributed by atoms with van der Waals surface area (Å²) in [6, 6.07) is 79.3. The first-order valence-electron chi connectivity index (χ1n) is 19.3. The predicted molar refractivity (Wildman–Crippen MR) is 237 cm³/mol. The van der Waals surface area contributed by atoms with Gasteiger partial charge in [0, 0.05) is 32.9 Å². The van der Waals surface area contributed by atoms with Crippen LogP contribution in [0.4, 0.5) is 0 Å². The Morgan fingerprint density at radius 2 is 0.679 bits per heavy atom. The van der Waals surface area contributed by atoms with E-state index in [1.54, 1.807) is 0 Å². The maximum atomic E-state index is 2.47. The molecule has 0 fully saturated rings. The summed E-state index contributed by atoms with van der Waals surface area (Å²) in [7, 11) is 0. The van der Waals surface area contributed by atoms with Crippen molar-refractivity contribution in [3.8, 4) is 55.9 Å². The molecule has 0 radical (unpaired) electrons. The fraction of sp³-hybridized carbons (Fsp3) is 0. The Hall–Kier alpha value is -7.42. The highest BCUT2D eigenvalue weighted by Gasteiger charge is 2.21. The fourth-order valence-electron chi connectivity index (χ4n) is 8.65. The standard InChI is InChI=1S/C54H36N2/c1-3-12-37(13-4-1)39-22-24-41(25-23-39)42-30-32-45(33-31-42)56-50-20-9-7-18-47(50)48-34-35-52-53(54(48)56)49-19-8-10-21-51(49)55(52)46-17-11-16-44(36-46)43-28-26-40(27-29-43)38-14-5-2-6-15-38/h1-36H. The van der Waals surface area contributed by atoms with E-state index in [-0.39, 0.29) is 0 Å². The van der Waals surface area contributed by atoms with Gasteiger partial charge in [0.25, 0.3) is 0 Å². The van der Waals surface area contributed by atoms with Crippen molar-refractivity contribution in [1.29, 1.82) is 0 Å². The molecular weight excluding hydrogens is 677 g/mol. The van der Waals surface area contributed by atoms with E-state index in [1.165, 1.54) is 88.1 Å². The van der Waals surface area contributed by atoms with E-state index in [9.17, 15) is 0 Å². The van der Waals surface area contributed by atoms with Crippen molar-refractivity contribution < 1.29 is 0 Å². The van der Waals surface area contributed by atoms with Crippen LogP contribution in [0.25, 0.3) is 99.5 Å². The SMILES string of the molecule is c1ccc(-c2ccc(-c3ccc(-n4c5ccccc5c5ccc6c(c7ccccc7n6-c6cccc(-c7ccc(-c8ccccc8)cc7)c6)c54)cc3)cc2)cc1. The van der Waals surface area contributed by atoms with Gasteiger partial charge in [0.15, 0.2) is 0 Å². The van der Waals surface area contributed by atoms with E-state index in [0.717, 1.165) is 11.4 Å². The lowest BCUT2D eigenvalue weighted by Gasteiger charge is -2.12. The molecule has 0 amide bonds. The van der Waals surface area contributed by atoms with Gasteiger partial charge in [-0.1, -0.05) is 176 Å². The van der Waals surface area contributed by atoms with E-state index in [4.69, 9.17) is 0 Å². The lowest BCUT2D eigenvalue weighted by atomic mass is 10.00. The molecular formula is C54H36N2. The van der Waals surface area contributed by atoms with Crippen molar-refractivity contribution in [3.05, 3.63) is 218 Å². The molecule has 9 aromatic carbocycles. The second-order valence-electron chi connectivity index (χ2n) is 14.5. The Balaban J connectivity index is 1.05. The number of fused-ring (bicyclic) bond motifs is 7. The lowest BCUT2D eigenvalue weighted by Crippen LogP contribution is -1.96. The molecule has 11 rings (SSSR count). The average molecular weight is 713 g/mol. The highest BCUT2D eigenvalue weighted by atomic mass is 15.0. The monoisotopic (exact) mass is 712 g/mol. The Labute approximate surface area is 325 Å². The van der Waals surface area contributed by atoms with Gasteiger partial charge in [-0.2, -0.15) is 0 Å². The highest BCUT2D eigenvalue weighted by molar-refractivity contribution is 6.26. The normalized spacial score (nSPS) is 11.6. The van der Waals surface area contributed by atoms with Gasteiger partial charge in [0.2, 0.25) is 0 Å². The highest BCUT2D eigenvalue weighted by Crippen LogP contribution is 2.42. The van der Waals surface area contributed by atoms with Crippen LogP contribution in [-0.2, 0) is 0 Å². The molecule has 0 saturated heterocycles. The summed E-state index contributed by atoms with van der Waals surface area (Å²) in [6.07, 6.45) is 0. The van der Waals surface area contributed by atoms with Crippen LogP contribution in [0.3, 0.4) is 0 Å². The molecule has 0 aliphatic rings. The number of hydrogen-bond acceptors (Lipinski definition) is 0. The van der Waals surface area contributed by atoms with Crippen LogP contribution in [0.1, 0.15) is 0 Å². The third kappa shape index (κ3) is 5.26. The summed E-state index contributed by atoms with van der Waals surface area (Å²) in [5.74, 6) is 0. The molecule has 0 aliphatic carbocycles. The minimum atomic E-state index is 1.14. The summed E-state index contributed by atoms with van der Waals surface area (Å²) in [5, 5.41) is 5.00. The van der Waals surface area contributed by atoms with Gasteiger partial charge < -0.3 is 9.13 Å². The van der Waals surface area contributed by atoms with Gasteiger partial charge in [-0.05, 0) is 87.0 Å². The molecule has 0 aliphatic heterocycles. The van der Waals surface area contributed by atoms with Crippen LogP contribution >= 0.6 is 0 Å². The number of aromatic nitrogens is 2. The van der Waals surface area contributed by atoms with Crippen molar-refractivity contribution in [1.82, 2.24) is 9.13 Å². The Bertz CT molecular complexity index is 3190. The van der Waals surface area contributed by atoms with Crippen LogP contribution in [0.2, 0.25) is 0 Å². The first-order valence-corrected chi connectivity index (χ1v) is 19.3. The quantitative estimate of drug-likeness (QED) is 0.162. The molecule has 262 valence electrons. The molecule has 2 heterocycles. The molecule has 56 heavy (non-hydrogen) atoms. The molecule has 2 nitrogen and oxygen atoms in total. The van der Waals surface area contributed by atoms with Crippen LogP contribution in [0, 0.1) is 0 Å². The number of nitrogens with zero attached hydrogens (tertiary/aromatic N) is 2. The van der Waals surface area contributed by atoms with Gasteiger partial charge in [-0.15, -0.1) is 0 Å². The molecule has 0 bridgehead atoms. The van der Waals surface area contributed by atoms with Gasteiger partial charge in [0.05, 0.1) is 22.1 Å². The summed E-state index contributed by atoms with van der Waals surface area (Å²) < 4.78 is 4.91. The molecule has 0 N–H and O–H groups in total. The topological polar surface area (TPSA) is 9.86 Å².